The van der Waals surface area contributed by atoms with Crippen LogP contribution in [0.2, 0.25) is 0 Å². The minimum absolute atomic E-state index is 0. The Labute approximate surface area is 137 Å². The average Bonchev–Trinajstić information content (AvgIpc) is 3.04. The van der Waals surface area contributed by atoms with Crippen molar-refractivity contribution in [2.45, 2.75) is 6.92 Å². The second kappa shape index (κ2) is 6.37. The molecule has 2 aromatic heterocycles. The Balaban J connectivity index is 0.00000225. The first kappa shape index (κ1) is 17.6. The highest BCUT2D eigenvalue weighted by molar-refractivity contribution is 5.82. The van der Waals surface area contributed by atoms with Crippen molar-refractivity contribution in [2.75, 3.05) is 0 Å². The Morgan fingerprint density at radius 1 is 1.36 bits per heavy atom. The Hall–Kier alpha value is -3.80. The van der Waals surface area contributed by atoms with Gasteiger partial charge in [-0.3, -0.25) is 19.7 Å². The third-order valence-corrected chi connectivity index (χ3v) is 3.14. The zero-order valence-electron chi connectivity index (χ0n) is 12.6. The number of nitro benzene ring substituents is 1. The van der Waals surface area contributed by atoms with Crippen LogP contribution in [0.1, 0.15) is 6.92 Å². The number of H-pyrrole nitrogens is 1. The molecule has 0 atom stereocenters. The van der Waals surface area contributed by atoms with Crippen LogP contribution in [0.25, 0.3) is 16.7 Å². The molecule has 0 spiro atoms. The van der Waals surface area contributed by atoms with Crippen molar-refractivity contribution >= 4 is 22.7 Å². The van der Waals surface area contributed by atoms with Gasteiger partial charge >= 0.3 is 17.1 Å². The summed E-state index contributed by atoms with van der Waals surface area (Å²) in [5.74, 6) is -0.827. The number of fused-ring (bicyclic) bond motifs is 1. The highest BCUT2D eigenvalue weighted by Gasteiger charge is 2.20. The lowest BCUT2D eigenvalue weighted by Crippen LogP contribution is -2.40. The Kier molecular flexibility index (Phi) is 4.47. The van der Waals surface area contributed by atoms with Crippen molar-refractivity contribution in [3.8, 4) is 5.69 Å². The zero-order valence-corrected chi connectivity index (χ0v) is 12.6. The molecule has 3 aromatic rings. The topological polar surface area (TPSA) is 174 Å². The molecule has 0 aliphatic heterocycles. The van der Waals surface area contributed by atoms with E-state index >= 15 is 0 Å². The van der Waals surface area contributed by atoms with Crippen molar-refractivity contribution in [2.24, 2.45) is 0 Å². The molecule has 25 heavy (non-hydrogen) atoms. The lowest BCUT2D eigenvalue weighted by molar-refractivity contribution is -0.384. The van der Waals surface area contributed by atoms with Crippen molar-refractivity contribution in [3.05, 3.63) is 61.7 Å². The Bertz CT molecular complexity index is 1080. The summed E-state index contributed by atoms with van der Waals surface area (Å²) in [6.07, 6.45) is 4.21. The zero-order chi connectivity index (χ0) is 17.4. The van der Waals surface area contributed by atoms with Gasteiger partial charge in [-0.1, -0.05) is 0 Å². The molecule has 12 nitrogen and oxygen atoms in total. The smallest absolute Gasteiger partial charge is 0.349 e. The van der Waals surface area contributed by atoms with Gasteiger partial charge in [0.15, 0.2) is 0 Å². The molecule has 12 heteroatoms. The predicted molar refractivity (Wildman–Crippen MR) is 83.5 cm³/mol. The van der Waals surface area contributed by atoms with E-state index < -0.39 is 22.0 Å². The van der Waals surface area contributed by atoms with Gasteiger partial charge in [-0.15, -0.1) is 4.73 Å². The van der Waals surface area contributed by atoms with Crippen LogP contribution in [0.3, 0.4) is 0 Å². The van der Waals surface area contributed by atoms with E-state index in [9.17, 15) is 24.5 Å². The molecule has 0 aliphatic carbocycles. The minimum atomic E-state index is -1.12. The fourth-order valence-electron chi connectivity index (χ4n) is 2.19. The summed E-state index contributed by atoms with van der Waals surface area (Å²) in [5, 5.41) is 11.3. The van der Waals surface area contributed by atoms with Gasteiger partial charge in [0.25, 0.3) is 5.69 Å². The van der Waals surface area contributed by atoms with Crippen molar-refractivity contribution in [1.29, 1.82) is 0 Å². The van der Waals surface area contributed by atoms with E-state index in [0.29, 0.717) is 4.73 Å². The SMILES string of the molecule is CC(=O)On1c(=O)c(=O)[nH]c2cc([N+](=O)[O-])c(-n3ccnc3)cc21.O. The van der Waals surface area contributed by atoms with Gasteiger partial charge in [0, 0.05) is 25.4 Å². The summed E-state index contributed by atoms with van der Waals surface area (Å²) in [6, 6.07) is 2.32. The summed E-state index contributed by atoms with van der Waals surface area (Å²) in [6.45, 7) is 1.06. The number of carbonyl (C=O) groups excluding carboxylic acids is 1. The molecule has 0 amide bonds. The Morgan fingerprint density at radius 2 is 2.08 bits per heavy atom. The first-order valence-electron chi connectivity index (χ1n) is 6.53. The van der Waals surface area contributed by atoms with E-state index in [1.54, 1.807) is 0 Å². The third kappa shape index (κ3) is 3.00. The van der Waals surface area contributed by atoms with Crippen molar-refractivity contribution in [1.82, 2.24) is 19.3 Å². The van der Waals surface area contributed by atoms with Crippen molar-refractivity contribution < 1.29 is 20.0 Å². The van der Waals surface area contributed by atoms with Crippen molar-refractivity contribution in [3.63, 3.8) is 0 Å². The summed E-state index contributed by atoms with van der Waals surface area (Å²) in [4.78, 5) is 56.2. The molecule has 1 aromatic carbocycles. The van der Waals surface area contributed by atoms with Gasteiger partial charge < -0.3 is 19.9 Å². The van der Waals surface area contributed by atoms with Gasteiger partial charge in [-0.2, -0.15) is 0 Å². The van der Waals surface area contributed by atoms with E-state index in [-0.39, 0.29) is 27.9 Å². The van der Waals surface area contributed by atoms with Gasteiger partial charge in [0.2, 0.25) is 0 Å². The fraction of sp³-hybridized carbons (Fsp3) is 0.0769. The summed E-state index contributed by atoms with van der Waals surface area (Å²) in [7, 11) is 0. The molecule has 0 fully saturated rings. The Morgan fingerprint density at radius 3 is 2.64 bits per heavy atom. The molecule has 130 valence electrons. The first-order valence-corrected chi connectivity index (χ1v) is 6.53. The van der Waals surface area contributed by atoms with Crippen LogP contribution in [-0.2, 0) is 4.79 Å². The minimum Gasteiger partial charge on any atom is -0.412 e. The number of aromatic amines is 1. The molecule has 0 saturated heterocycles. The molecule has 0 saturated carbocycles. The highest BCUT2D eigenvalue weighted by atomic mass is 16.7. The maximum absolute atomic E-state index is 11.9. The lowest BCUT2D eigenvalue weighted by Gasteiger charge is -2.10. The summed E-state index contributed by atoms with van der Waals surface area (Å²) in [5.41, 5.74) is -2.49. The second-order valence-corrected chi connectivity index (χ2v) is 4.72. The number of rotatable bonds is 3. The van der Waals surface area contributed by atoms with Crippen LogP contribution in [-0.4, -0.2) is 35.6 Å². The maximum atomic E-state index is 11.9. The van der Waals surface area contributed by atoms with Gasteiger partial charge in [-0.05, 0) is 6.07 Å². The largest absolute Gasteiger partial charge is 0.412 e. The summed E-state index contributed by atoms with van der Waals surface area (Å²) < 4.78 is 1.85. The highest BCUT2D eigenvalue weighted by Crippen LogP contribution is 2.26. The molecule has 0 aliphatic rings. The normalized spacial score (nSPS) is 10.3. The molecule has 0 unspecified atom stereocenters. The van der Waals surface area contributed by atoms with Gasteiger partial charge in [0.05, 0.1) is 16.8 Å². The number of benzene rings is 1. The van der Waals surface area contributed by atoms with Crippen LogP contribution in [0.5, 0.6) is 0 Å². The fourth-order valence-corrected chi connectivity index (χ4v) is 2.19. The number of hydrogen-bond donors (Lipinski definition) is 1. The van der Waals surface area contributed by atoms with Crippen LogP contribution in [0.15, 0.2) is 40.4 Å². The monoisotopic (exact) mass is 349 g/mol. The number of aromatic nitrogens is 4. The van der Waals surface area contributed by atoms with Crippen LogP contribution < -0.4 is 16.0 Å². The molecule has 0 radical (unpaired) electrons. The maximum Gasteiger partial charge on any atom is 0.349 e. The molecule has 2 heterocycles. The van der Waals surface area contributed by atoms with E-state index in [2.05, 4.69) is 9.97 Å². The van der Waals surface area contributed by atoms with Crippen LogP contribution in [0, 0.1) is 10.1 Å². The average molecular weight is 349 g/mol. The van der Waals surface area contributed by atoms with Gasteiger partial charge in [0.1, 0.15) is 11.2 Å². The summed E-state index contributed by atoms with van der Waals surface area (Å²) >= 11 is 0. The molecule has 0 bridgehead atoms. The quantitative estimate of drug-likeness (QED) is 0.356. The van der Waals surface area contributed by atoms with E-state index in [1.807, 2.05) is 0 Å². The van der Waals surface area contributed by atoms with Gasteiger partial charge in [-0.25, -0.2) is 9.78 Å². The third-order valence-electron chi connectivity index (χ3n) is 3.14. The number of carbonyl (C=O) groups is 1. The van der Waals surface area contributed by atoms with Crippen LogP contribution in [0.4, 0.5) is 5.69 Å². The van der Waals surface area contributed by atoms with E-state index in [1.165, 1.54) is 29.4 Å². The number of nitrogens with one attached hydrogen (secondary N) is 1. The standard InChI is InChI=1S/C13H9N5O6.H2O/c1-7(19)24-17-9-5-10(16-3-2-14-6-16)11(18(22)23)4-8(9)15-12(20)13(17)21;/h2-6H,1H3,(H,15,20);1H2. The molecule has 3 rings (SSSR count). The molecule has 3 N–H and O–H groups in total. The molecular formula is C13H11N5O7. The van der Waals surface area contributed by atoms with Crippen LogP contribution >= 0.6 is 0 Å². The number of imidazole rings is 1. The number of nitro groups is 1. The molecular weight excluding hydrogens is 338 g/mol. The van der Waals surface area contributed by atoms with E-state index in [4.69, 9.17) is 4.84 Å². The predicted octanol–water partition coefficient (Wildman–Crippen LogP) is -1.07. The van der Waals surface area contributed by atoms with E-state index in [0.717, 1.165) is 13.0 Å². The lowest BCUT2D eigenvalue weighted by atomic mass is 10.2. The first-order chi connectivity index (χ1) is 11.4. The number of hydrogen-bond acceptors (Lipinski definition) is 7. The number of nitrogens with zero attached hydrogens (tertiary/aromatic N) is 4. The second-order valence-electron chi connectivity index (χ2n) is 4.72.